The molecule has 1 heterocycles. The molecule has 2 rings (SSSR count). The Bertz CT molecular complexity index is 375. The van der Waals surface area contributed by atoms with Gasteiger partial charge in [0, 0.05) is 12.6 Å². The summed E-state index contributed by atoms with van der Waals surface area (Å²) in [5.74, 6) is 0.874. The Balaban J connectivity index is 1.52. The summed E-state index contributed by atoms with van der Waals surface area (Å²) < 4.78 is 5.48. The van der Waals surface area contributed by atoms with Crippen LogP contribution in [0.25, 0.3) is 0 Å². The highest BCUT2D eigenvalue weighted by molar-refractivity contribution is 5.75. The van der Waals surface area contributed by atoms with Crippen molar-refractivity contribution in [2.24, 2.45) is 0 Å². The number of amides is 1. The maximum atomic E-state index is 11.6. The van der Waals surface area contributed by atoms with Gasteiger partial charge in [-0.25, -0.2) is 0 Å². The number of ether oxygens (including phenoxy) is 1. The minimum Gasteiger partial charge on any atom is -0.493 e. The summed E-state index contributed by atoms with van der Waals surface area (Å²) in [5, 5.41) is 6.36. The van der Waals surface area contributed by atoms with Crippen LogP contribution in [0.15, 0.2) is 30.3 Å². The summed E-state index contributed by atoms with van der Waals surface area (Å²) in [5.41, 5.74) is 0. The number of hydrogen-bond donors (Lipinski definition) is 2. The summed E-state index contributed by atoms with van der Waals surface area (Å²) in [6.07, 6.45) is 3.91. The Morgan fingerprint density at radius 2 is 2.21 bits per heavy atom. The van der Waals surface area contributed by atoms with E-state index in [1.165, 1.54) is 12.8 Å². The van der Waals surface area contributed by atoms with Crippen molar-refractivity contribution in [2.45, 2.75) is 31.7 Å². The Morgan fingerprint density at radius 1 is 1.37 bits per heavy atom. The SMILES string of the molecule is O=C(CCOc1ccccc1)NCC[C@@H]1CCCN1. The molecule has 0 aliphatic carbocycles. The first kappa shape index (κ1) is 13.9. The van der Waals surface area contributed by atoms with Crippen LogP contribution < -0.4 is 15.4 Å². The second-order valence-corrected chi connectivity index (χ2v) is 4.84. The normalized spacial score (nSPS) is 18.2. The van der Waals surface area contributed by atoms with Crippen LogP contribution in [0, 0.1) is 0 Å². The Morgan fingerprint density at radius 3 is 2.95 bits per heavy atom. The minimum atomic E-state index is 0.0638. The summed E-state index contributed by atoms with van der Waals surface area (Å²) in [6, 6.07) is 10.2. The lowest BCUT2D eigenvalue weighted by molar-refractivity contribution is -0.121. The Kier molecular flexibility index (Phi) is 5.69. The van der Waals surface area contributed by atoms with Crippen LogP contribution in [0.5, 0.6) is 5.75 Å². The fraction of sp³-hybridized carbons (Fsp3) is 0.533. The average Bonchev–Trinajstić information content (AvgIpc) is 2.93. The lowest BCUT2D eigenvalue weighted by Gasteiger charge is -2.11. The third-order valence-electron chi connectivity index (χ3n) is 3.32. The van der Waals surface area contributed by atoms with E-state index in [-0.39, 0.29) is 5.91 Å². The summed E-state index contributed by atoms with van der Waals surface area (Å²) >= 11 is 0. The van der Waals surface area contributed by atoms with E-state index < -0.39 is 0 Å². The molecule has 1 aliphatic heterocycles. The van der Waals surface area contributed by atoms with E-state index in [1.807, 2.05) is 30.3 Å². The van der Waals surface area contributed by atoms with Crippen LogP contribution in [0.1, 0.15) is 25.7 Å². The lowest BCUT2D eigenvalue weighted by Crippen LogP contribution is -2.31. The highest BCUT2D eigenvalue weighted by atomic mass is 16.5. The van der Waals surface area contributed by atoms with Crippen molar-refractivity contribution in [3.05, 3.63) is 30.3 Å². The maximum Gasteiger partial charge on any atom is 0.223 e. The van der Waals surface area contributed by atoms with Gasteiger partial charge in [0.05, 0.1) is 13.0 Å². The number of carbonyl (C=O) groups is 1. The molecule has 1 amide bonds. The fourth-order valence-electron chi connectivity index (χ4n) is 2.26. The predicted octanol–water partition coefficient (Wildman–Crippen LogP) is 1.71. The molecule has 0 saturated carbocycles. The van der Waals surface area contributed by atoms with Gasteiger partial charge in [0.25, 0.3) is 0 Å². The molecule has 0 radical (unpaired) electrons. The standard InChI is InChI=1S/C15H22N2O2/c18-15(17-11-8-13-5-4-10-16-13)9-12-19-14-6-2-1-3-7-14/h1-3,6-7,13,16H,4-5,8-12H2,(H,17,18)/t13-/m0/s1. The Labute approximate surface area is 114 Å². The van der Waals surface area contributed by atoms with Gasteiger partial charge in [-0.05, 0) is 37.9 Å². The summed E-state index contributed by atoms with van der Waals surface area (Å²) in [4.78, 5) is 11.6. The van der Waals surface area contributed by atoms with Crippen molar-refractivity contribution in [3.63, 3.8) is 0 Å². The number of nitrogens with one attached hydrogen (secondary N) is 2. The quantitative estimate of drug-likeness (QED) is 0.786. The van der Waals surface area contributed by atoms with Crippen LogP contribution in [-0.4, -0.2) is 31.6 Å². The third kappa shape index (κ3) is 5.30. The molecule has 19 heavy (non-hydrogen) atoms. The molecule has 104 valence electrons. The second-order valence-electron chi connectivity index (χ2n) is 4.84. The summed E-state index contributed by atoms with van der Waals surface area (Å²) in [6.45, 7) is 2.29. The van der Waals surface area contributed by atoms with Gasteiger partial charge in [-0.15, -0.1) is 0 Å². The van der Waals surface area contributed by atoms with Crippen molar-refractivity contribution >= 4 is 5.91 Å². The molecule has 0 spiro atoms. The minimum absolute atomic E-state index is 0.0638. The van der Waals surface area contributed by atoms with Gasteiger partial charge in [-0.1, -0.05) is 18.2 Å². The van der Waals surface area contributed by atoms with Crippen LogP contribution in [-0.2, 0) is 4.79 Å². The van der Waals surface area contributed by atoms with E-state index in [2.05, 4.69) is 10.6 Å². The highest BCUT2D eigenvalue weighted by Gasteiger charge is 2.13. The molecule has 0 aromatic heterocycles. The van der Waals surface area contributed by atoms with Crippen molar-refractivity contribution in [2.75, 3.05) is 19.7 Å². The number of hydrogen-bond acceptors (Lipinski definition) is 3. The molecule has 0 unspecified atom stereocenters. The first-order valence-corrected chi connectivity index (χ1v) is 7.02. The molecular formula is C15H22N2O2. The summed E-state index contributed by atoms with van der Waals surface area (Å²) in [7, 11) is 0. The molecule has 1 fully saturated rings. The number of carbonyl (C=O) groups excluding carboxylic acids is 1. The molecule has 1 aromatic carbocycles. The van der Waals surface area contributed by atoms with Gasteiger partial charge in [-0.3, -0.25) is 4.79 Å². The highest BCUT2D eigenvalue weighted by Crippen LogP contribution is 2.09. The molecule has 2 N–H and O–H groups in total. The zero-order valence-electron chi connectivity index (χ0n) is 11.2. The number of rotatable bonds is 7. The number of benzene rings is 1. The van der Waals surface area contributed by atoms with Crippen LogP contribution in [0.4, 0.5) is 0 Å². The van der Waals surface area contributed by atoms with Gasteiger partial charge < -0.3 is 15.4 Å². The largest absolute Gasteiger partial charge is 0.493 e. The van der Waals surface area contributed by atoms with Crippen molar-refractivity contribution in [1.82, 2.24) is 10.6 Å². The van der Waals surface area contributed by atoms with Gasteiger partial charge in [0.15, 0.2) is 0 Å². The van der Waals surface area contributed by atoms with Crippen LogP contribution in [0.3, 0.4) is 0 Å². The zero-order chi connectivity index (χ0) is 13.3. The molecule has 1 aromatic rings. The Hall–Kier alpha value is -1.55. The molecule has 1 aliphatic rings. The lowest BCUT2D eigenvalue weighted by atomic mass is 10.1. The van der Waals surface area contributed by atoms with Crippen LogP contribution in [0.2, 0.25) is 0 Å². The number of para-hydroxylation sites is 1. The van der Waals surface area contributed by atoms with Crippen molar-refractivity contribution < 1.29 is 9.53 Å². The van der Waals surface area contributed by atoms with E-state index in [9.17, 15) is 4.79 Å². The second kappa shape index (κ2) is 7.79. The molecule has 4 nitrogen and oxygen atoms in total. The monoisotopic (exact) mass is 262 g/mol. The third-order valence-corrected chi connectivity index (χ3v) is 3.32. The molecule has 1 saturated heterocycles. The van der Waals surface area contributed by atoms with E-state index in [0.29, 0.717) is 19.1 Å². The molecule has 0 bridgehead atoms. The fourth-order valence-corrected chi connectivity index (χ4v) is 2.26. The van der Waals surface area contributed by atoms with E-state index >= 15 is 0 Å². The van der Waals surface area contributed by atoms with Crippen molar-refractivity contribution in [1.29, 1.82) is 0 Å². The van der Waals surface area contributed by atoms with Gasteiger partial charge >= 0.3 is 0 Å². The average molecular weight is 262 g/mol. The maximum absolute atomic E-state index is 11.6. The molecular weight excluding hydrogens is 240 g/mol. The smallest absolute Gasteiger partial charge is 0.223 e. The van der Waals surface area contributed by atoms with Gasteiger partial charge in [0.2, 0.25) is 5.91 Å². The van der Waals surface area contributed by atoms with E-state index in [0.717, 1.165) is 25.3 Å². The van der Waals surface area contributed by atoms with Gasteiger partial charge in [-0.2, -0.15) is 0 Å². The first-order chi connectivity index (χ1) is 9.34. The van der Waals surface area contributed by atoms with E-state index in [1.54, 1.807) is 0 Å². The predicted molar refractivity (Wildman–Crippen MR) is 75.2 cm³/mol. The molecule has 1 atom stereocenters. The zero-order valence-corrected chi connectivity index (χ0v) is 11.2. The topological polar surface area (TPSA) is 50.4 Å². The van der Waals surface area contributed by atoms with Crippen molar-refractivity contribution in [3.8, 4) is 5.75 Å². The first-order valence-electron chi connectivity index (χ1n) is 7.02. The van der Waals surface area contributed by atoms with Crippen LogP contribution >= 0.6 is 0 Å². The van der Waals surface area contributed by atoms with E-state index in [4.69, 9.17) is 4.74 Å². The van der Waals surface area contributed by atoms with Gasteiger partial charge in [0.1, 0.15) is 5.75 Å². The molecule has 4 heteroatoms.